The number of Topliss-reactive ketones (excluding diaryl/α,β-unsaturated/α-hetero) is 1. The number of ketones is 1. The fourth-order valence-corrected chi connectivity index (χ4v) is 4.34. The number of fused-ring (bicyclic) bond motifs is 2. The molecule has 3 fully saturated rings. The highest BCUT2D eigenvalue weighted by Gasteiger charge is 2.45. The van der Waals surface area contributed by atoms with E-state index in [0.29, 0.717) is 30.0 Å². The molecule has 0 radical (unpaired) electrons. The highest BCUT2D eigenvalue weighted by Crippen LogP contribution is 2.35. The third kappa shape index (κ3) is 3.77. The Labute approximate surface area is 173 Å². The van der Waals surface area contributed by atoms with Crippen LogP contribution >= 0.6 is 11.6 Å². The minimum absolute atomic E-state index is 0.0395. The maximum atomic E-state index is 12.5. The summed E-state index contributed by atoms with van der Waals surface area (Å²) in [7, 11) is 1.57. The van der Waals surface area contributed by atoms with Gasteiger partial charge in [0.05, 0.1) is 18.4 Å². The highest BCUT2D eigenvalue weighted by molar-refractivity contribution is 6.33. The molecule has 3 aliphatic rings. The van der Waals surface area contributed by atoms with Crippen LogP contribution in [0.5, 0.6) is 0 Å². The number of piperazine rings is 1. The number of hydrogen-bond donors (Lipinski definition) is 1. The predicted molar refractivity (Wildman–Crippen MR) is 111 cm³/mol. The van der Waals surface area contributed by atoms with E-state index in [0.717, 1.165) is 6.42 Å². The van der Waals surface area contributed by atoms with E-state index in [1.165, 1.54) is 11.6 Å². The van der Waals surface area contributed by atoms with Crippen LogP contribution in [-0.4, -0.2) is 58.1 Å². The molecule has 3 saturated heterocycles. The minimum atomic E-state index is -0.313. The van der Waals surface area contributed by atoms with Crippen LogP contribution in [0.25, 0.3) is 0 Å². The van der Waals surface area contributed by atoms with Gasteiger partial charge in [0.2, 0.25) is 5.91 Å². The topological polar surface area (TPSA) is 87.5 Å². The molecule has 2 bridgehead atoms. The molecule has 0 saturated carbocycles. The fraction of sp³-hybridized carbons (Fsp3) is 0.400. The second-order valence-electron chi connectivity index (χ2n) is 7.58. The first kappa shape index (κ1) is 19.6. The fourth-order valence-electron chi connectivity index (χ4n) is 4.05. The van der Waals surface area contributed by atoms with Gasteiger partial charge >= 0.3 is 0 Å². The zero-order valence-electron chi connectivity index (χ0n) is 16.3. The van der Waals surface area contributed by atoms with Crippen molar-refractivity contribution >= 4 is 34.7 Å². The van der Waals surface area contributed by atoms with E-state index in [-0.39, 0.29) is 40.9 Å². The normalized spacial score (nSPS) is 20.9. The Morgan fingerprint density at radius 3 is 2.69 bits per heavy atom. The third-order valence-corrected chi connectivity index (χ3v) is 5.98. The Balaban J connectivity index is 1.38. The number of aromatic nitrogens is 2. The first-order valence-corrected chi connectivity index (χ1v) is 9.84. The number of halogens is 1. The van der Waals surface area contributed by atoms with Gasteiger partial charge in [-0.3, -0.25) is 19.3 Å². The van der Waals surface area contributed by atoms with Gasteiger partial charge in [0, 0.05) is 43.5 Å². The first-order chi connectivity index (χ1) is 13.8. The monoisotopic (exact) mass is 415 g/mol. The molecule has 2 aromatic rings. The maximum absolute atomic E-state index is 12.5. The molecular weight excluding hydrogens is 394 g/mol. The van der Waals surface area contributed by atoms with E-state index >= 15 is 0 Å². The molecule has 0 aliphatic carbocycles. The Morgan fingerprint density at radius 1 is 1.28 bits per heavy atom. The van der Waals surface area contributed by atoms with Gasteiger partial charge in [0.15, 0.2) is 5.78 Å². The number of nitrogens with zero attached hydrogens (tertiary/aromatic N) is 4. The van der Waals surface area contributed by atoms with E-state index in [1.54, 1.807) is 37.5 Å². The van der Waals surface area contributed by atoms with Crippen LogP contribution in [0.4, 0.5) is 11.4 Å². The number of aryl methyl sites for hydroxylation is 1. The summed E-state index contributed by atoms with van der Waals surface area (Å²) in [5, 5.41) is 7.11. The predicted octanol–water partition coefficient (Wildman–Crippen LogP) is 1.54. The molecule has 2 unspecified atom stereocenters. The van der Waals surface area contributed by atoms with Crippen molar-refractivity contribution in [3.05, 3.63) is 51.4 Å². The summed E-state index contributed by atoms with van der Waals surface area (Å²) < 4.78 is 1.22. The van der Waals surface area contributed by atoms with Gasteiger partial charge in [-0.25, -0.2) is 4.68 Å². The largest absolute Gasteiger partial charge is 0.366 e. The van der Waals surface area contributed by atoms with Gasteiger partial charge in [-0.1, -0.05) is 23.7 Å². The lowest BCUT2D eigenvalue weighted by Gasteiger charge is -2.56. The van der Waals surface area contributed by atoms with Crippen LogP contribution in [0, 0.1) is 0 Å². The van der Waals surface area contributed by atoms with E-state index < -0.39 is 0 Å². The number of carbonyl (C=O) groups is 2. The molecule has 3 aliphatic heterocycles. The van der Waals surface area contributed by atoms with Crippen molar-refractivity contribution in [2.75, 3.05) is 29.9 Å². The summed E-state index contributed by atoms with van der Waals surface area (Å²) in [4.78, 5) is 40.3. The van der Waals surface area contributed by atoms with E-state index in [9.17, 15) is 14.4 Å². The third-order valence-electron chi connectivity index (χ3n) is 5.62. The maximum Gasteiger partial charge on any atom is 0.287 e. The summed E-state index contributed by atoms with van der Waals surface area (Å²) in [6.07, 6.45) is 2.63. The molecule has 1 aromatic carbocycles. The molecule has 1 N–H and O–H groups in total. The first-order valence-electron chi connectivity index (χ1n) is 9.47. The molecule has 4 heterocycles. The van der Waals surface area contributed by atoms with Crippen molar-refractivity contribution in [2.45, 2.75) is 25.4 Å². The summed E-state index contributed by atoms with van der Waals surface area (Å²) in [6.45, 7) is 3.17. The van der Waals surface area contributed by atoms with Crippen LogP contribution in [0.1, 0.15) is 23.7 Å². The second-order valence-corrected chi connectivity index (χ2v) is 7.96. The lowest BCUT2D eigenvalue weighted by atomic mass is 9.87. The second kappa shape index (κ2) is 7.61. The molecule has 0 spiro atoms. The molecule has 2 atom stereocenters. The average Bonchev–Trinajstić information content (AvgIpc) is 2.70. The van der Waals surface area contributed by atoms with E-state index in [4.69, 9.17) is 11.6 Å². The van der Waals surface area contributed by atoms with Crippen LogP contribution in [0.2, 0.25) is 5.02 Å². The number of hydrogen-bond acceptors (Lipinski definition) is 6. The molecule has 8 nitrogen and oxygen atoms in total. The van der Waals surface area contributed by atoms with E-state index in [2.05, 4.69) is 20.2 Å². The quantitative estimate of drug-likeness (QED) is 0.745. The molecule has 5 rings (SSSR count). The summed E-state index contributed by atoms with van der Waals surface area (Å²) in [5.41, 5.74) is 1.52. The van der Waals surface area contributed by atoms with Crippen molar-refractivity contribution < 1.29 is 9.59 Å². The number of piperidine rings is 1. The molecular formula is C20H22ClN5O3. The van der Waals surface area contributed by atoms with Crippen LogP contribution in [-0.2, 0) is 11.8 Å². The van der Waals surface area contributed by atoms with Crippen molar-refractivity contribution in [3.63, 3.8) is 0 Å². The molecule has 1 amide bonds. The number of anilines is 2. The Morgan fingerprint density at radius 2 is 2.00 bits per heavy atom. The number of amides is 1. The molecule has 152 valence electrons. The lowest BCUT2D eigenvalue weighted by Crippen LogP contribution is -2.69. The van der Waals surface area contributed by atoms with Crippen molar-refractivity contribution in [3.8, 4) is 0 Å². The number of rotatable bonds is 5. The summed E-state index contributed by atoms with van der Waals surface area (Å²) >= 11 is 6.22. The SMILES string of the molecule is CC(=O)c1cccc(NC(=O)CN2C3CC2CN(c2cnn(C)c(=O)c2Cl)C3)c1. The minimum Gasteiger partial charge on any atom is -0.366 e. The Hall–Kier alpha value is -2.71. The number of benzene rings is 1. The van der Waals surface area contributed by atoms with Crippen molar-refractivity contribution in [1.29, 1.82) is 0 Å². The van der Waals surface area contributed by atoms with Gasteiger partial charge in [-0.05, 0) is 25.5 Å². The highest BCUT2D eigenvalue weighted by atomic mass is 35.5. The van der Waals surface area contributed by atoms with Gasteiger partial charge in [-0.2, -0.15) is 5.10 Å². The van der Waals surface area contributed by atoms with Crippen LogP contribution in [0.3, 0.4) is 0 Å². The standard InChI is InChI=1S/C20H22ClN5O3/c1-12(27)13-4-3-5-14(6-13)23-18(28)11-26-15-7-16(26)10-25(9-15)17-8-22-24(2)20(29)19(17)21/h3-6,8,15-16H,7,9-11H2,1-2H3,(H,23,28). The van der Waals surface area contributed by atoms with E-state index in [1.807, 2.05) is 0 Å². The zero-order valence-corrected chi connectivity index (χ0v) is 17.0. The van der Waals surface area contributed by atoms with Gasteiger partial charge in [-0.15, -0.1) is 0 Å². The van der Waals surface area contributed by atoms with Gasteiger partial charge in [0.1, 0.15) is 5.02 Å². The lowest BCUT2D eigenvalue weighted by molar-refractivity contribution is -0.121. The smallest absolute Gasteiger partial charge is 0.287 e. The summed E-state index contributed by atoms with van der Waals surface area (Å²) in [5.74, 6) is -0.149. The number of nitrogens with one attached hydrogen (secondary N) is 1. The van der Waals surface area contributed by atoms with Crippen LogP contribution < -0.4 is 15.8 Å². The Kier molecular flexibility index (Phi) is 5.14. The van der Waals surface area contributed by atoms with Crippen molar-refractivity contribution in [1.82, 2.24) is 14.7 Å². The van der Waals surface area contributed by atoms with Gasteiger partial charge in [0.25, 0.3) is 5.56 Å². The van der Waals surface area contributed by atoms with Gasteiger partial charge < -0.3 is 10.2 Å². The molecule has 29 heavy (non-hydrogen) atoms. The Bertz CT molecular complexity index is 1030. The zero-order chi connectivity index (χ0) is 20.7. The average molecular weight is 416 g/mol. The van der Waals surface area contributed by atoms with Crippen LogP contribution in [0.15, 0.2) is 35.3 Å². The number of carbonyl (C=O) groups excluding carboxylic acids is 2. The summed E-state index contributed by atoms with van der Waals surface area (Å²) in [6, 6.07) is 7.39. The molecule has 1 aromatic heterocycles. The van der Waals surface area contributed by atoms with Crippen molar-refractivity contribution in [2.24, 2.45) is 7.05 Å². The molecule has 9 heteroatoms.